The molecule has 2 heterocycles. The summed E-state index contributed by atoms with van der Waals surface area (Å²) in [6.45, 7) is 0.977. The monoisotopic (exact) mass is 323 g/mol. The molecule has 5 nitrogen and oxygen atoms in total. The van der Waals surface area contributed by atoms with E-state index in [-0.39, 0.29) is 17.6 Å². The van der Waals surface area contributed by atoms with E-state index in [4.69, 9.17) is 16.0 Å². The molecule has 1 aromatic heterocycles. The highest BCUT2D eigenvalue weighted by atomic mass is 35.5. The Morgan fingerprint density at radius 1 is 1.38 bits per heavy atom. The lowest BCUT2D eigenvalue weighted by molar-refractivity contribution is 0.102. The Kier molecular flexibility index (Phi) is 4.57. The average Bonchev–Trinajstić information content (AvgIpc) is 3.16. The summed E-state index contributed by atoms with van der Waals surface area (Å²) in [5.74, 6) is 0.880. The van der Waals surface area contributed by atoms with E-state index in [1.807, 2.05) is 0 Å². The zero-order valence-electron chi connectivity index (χ0n) is 11.2. The van der Waals surface area contributed by atoms with Crippen molar-refractivity contribution in [2.24, 2.45) is 0 Å². The number of nitrogens with one attached hydrogen (secondary N) is 1. The molecule has 0 amide bonds. The molecule has 21 heavy (non-hydrogen) atoms. The molecule has 3 rings (SSSR count). The standard InChI is InChI=1S/C14H14ClN3O2S/c15-10-5-3-9(4-6-10)12(19)8-21-14-18-17-13(20-14)11-2-1-7-16-11/h3-6,11,16H,1-2,7-8H2/t11-/m0/s1. The largest absolute Gasteiger partial charge is 0.414 e. The van der Waals surface area contributed by atoms with Crippen molar-refractivity contribution < 1.29 is 9.21 Å². The van der Waals surface area contributed by atoms with Gasteiger partial charge >= 0.3 is 0 Å². The second-order valence-electron chi connectivity index (χ2n) is 4.77. The number of carbonyl (C=O) groups excluding carboxylic acids is 1. The minimum atomic E-state index is 0.00964. The fraction of sp³-hybridized carbons (Fsp3) is 0.357. The van der Waals surface area contributed by atoms with Crippen LogP contribution in [0.4, 0.5) is 0 Å². The number of halogens is 1. The third kappa shape index (κ3) is 3.64. The summed E-state index contributed by atoms with van der Waals surface area (Å²) in [6.07, 6.45) is 2.13. The molecule has 0 unspecified atom stereocenters. The number of carbonyl (C=O) groups is 1. The van der Waals surface area contributed by atoms with Crippen LogP contribution in [-0.4, -0.2) is 28.3 Å². The van der Waals surface area contributed by atoms with Gasteiger partial charge in [0, 0.05) is 10.6 Å². The summed E-state index contributed by atoms with van der Waals surface area (Å²) in [5, 5.41) is 12.3. The Morgan fingerprint density at radius 3 is 2.90 bits per heavy atom. The molecule has 1 aromatic carbocycles. The minimum absolute atomic E-state index is 0.00964. The molecular formula is C14H14ClN3O2S. The van der Waals surface area contributed by atoms with Crippen LogP contribution < -0.4 is 5.32 Å². The maximum atomic E-state index is 12.0. The third-order valence-electron chi connectivity index (χ3n) is 3.27. The van der Waals surface area contributed by atoms with Gasteiger partial charge in [-0.25, -0.2) is 0 Å². The number of hydrogen-bond acceptors (Lipinski definition) is 6. The van der Waals surface area contributed by atoms with Crippen molar-refractivity contribution in [1.29, 1.82) is 0 Å². The van der Waals surface area contributed by atoms with E-state index in [9.17, 15) is 4.79 Å². The summed E-state index contributed by atoms with van der Waals surface area (Å²) >= 11 is 7.06. The first-order valence-corrected chi connectivity index (χ1v) is 8.07. The molecule has 1 N–H and O–H groups in total. The van der Waals surface area contributed by atoms with Gasteiger partial charge in [0.25, 0.3) is 5.22 Å². The van der Waals surface area contributed by atoms with E-state index < -0.39 is 0 Å². The lowest BCUT2D eigenvalue weighted by Gasteiger charge is -2.02. The lowest BCUT2D eigenvalue weighted by atomic mass is 10.1. The molecule has 1 atom stereocenters. The van der Waals surface area contributed by atoms with Crippen molar-refractivity contribution in [2.75, 3.05) is 12.3 Å². The summed E-state index contributed by atoms with van der Waals surface area (Å²) < 4.78 is 5.58. The fourth-order valence-corrected chi connectivity index (χ4v) is 2.95. The van der Waals surface area contributed by atoms with Gasteiger partial charge in [0.1, 0.15) is 0 Å². The molecular weight excluding hydrogens is 310 g/mol. The number of thioether (sulfide) groups is 1. The SMILES string of the molecule is O=C(CSc1nnc([C@@H]2CCCN2)o1)c1ccc(Cl)cc1. The van der Waals surface area contributed by atoms with Crippen LogP contribution in [0.1, 0.15) is 35.1 Å². The van der Waals surface area contributed by atoms with Crippen molar-refractivity contribution in [3.8, 4) is 0 Å². The van der Waals surface area contributed by atoms with Crippen LogP contribution >= 0.6 is 23.4 Å². The van der Waals surface area contributed by atoms with E-state index in [1.165, 1.54) is 11.8 Å². The fourth-order valence-electron chi connectivity index (χ4n) is 2.16. The van der Waals surface area contributed by atoms with E-state index in [1.54, 1.807) is 24.3 Å². The number of rotatable bonds is 5. The lowest BCUT2D eigenvalue weighted by Crippen LogP contribution is -2.12. The van der Waals surface area contributed by atoms with E-state index in [0.29, 0.717) is 21.7 Å². The van der Waals surface area contributed by atoms with Gasteiger partial charge in [-0.1, -0.05) is 23.4 Å². The number of aromatic nitrogens is 2. The van der Waals surface area contributed by atoms with Crippen LogP contribution in [0, 0.1) is 0 Å². The van der Waals surface area contributed by atoms with Crippen molar-refractivity contribution in [3.05, 3.63) is 40.7 Å². The number of Topliss-reactive ketones (excluding diaryl/α,β-unsaturated/α-hetero) is 1. The molecule has 2 aromatic rings. The molecule has 110 valence electrons. The van der Waals surface area contributed by atoms with Gasteiger partial charge in [-0.2, -0.15) is 0 Å². The van der Waals surface area contributed by atoms with E-state index in [0.717, 1.165) is 19.4 Å². The summed E-state index contributed by atoms with van der Waals surface area (Å²) in [4.78, 5) is 12.0. The van der Waals surface area contributed by atoms with Gasteiger partial charge in [-0.15, -0.1) is 10.2 Å². The first-order valence-electron chi connectivity index (χ1n) is 6.71. The Morgan fingerprint density at radius 2 is 2.19 bits per heavy atom. The summed E-state index contributed by atoms with van der Waals surface area (Å²) in [7, 11) is 0. The topological polar surface area (TPSA) is 68.0 Å². The molecule has 0 bridgehead atoms. The zero-order chi connectivity index (χ0) is 14.7. The van der Waals surface area contributed by atoms with Crippen LogP contribution in [0.3, 0.4) is 0 Å². The predicted molar refractivity (Wildman–Crippen MR) is 80.8 cm³/mol. The Bertz CT molecular complexity index is 623. The van der Waals surface area contributed by atoms with Crippen molar-refractivity contribution in [1.82, 2.24) is 15.5 Å². The highest BCUT2D eigenvalue weighted by Crippen LogP contribution is 2.25. The normalized spacial score (nSPS) is 18.0. The Labute approximate surface area is 131 Å². The van der Waals surface area contributed by atoms with Gasteiger partial charge in [0.2, 0.25) is 5.89 Å². The van der Waals surface area contributed by atoms with Crippen molar-refractivity contribution >= 4 is 29.1 Å². The van der Waals surface area contributed by atoms with Crippen molar-refractivity contribution in [2.45, 2.75) is 24.1 Å². The number of hydrogen-bond donors (Lipinski definition) is 1. The number of ketones is 1. The highest BCUT2D eigenvalue weighted by Gasteiger charge is 2.22. The van der Waals surface area contributed by atoms with Gasteiger partial charge in [0.15, 0.2) is 5.78 Å². The quantitative estimate of drug-likeness (QED) is 0.673. The average molecular weight is 324 g/mol. The second-order valence-corrected chi connectivity index (χ2v) is 6.14. The molecule has 0 aliphatic carbocycles. The minimum Gasteiger partial charge on any atom is -0.414 e. The van der Waals surface area contributed by atoms with Crippen LogP contribution in [0.25, 0.3) is 0 Å². The smallest absolute Gasteiger partial charge is 0.277 e. The molecule has 1 saturated heterocycles. The molecule has 0 radical (unpaired) electrons. The third-order valence-corrected chi connectivity index (χ3v) is 4.34. The van der Waals surface area contributed by atoms with Crippen LogP contribution in [0.2, 0.25) is 5.02 Å². The molecule has 0 saturated carbocycles. The van der Waals surface area contributed by atoms with Crippen LogP contribution in [0.15, 0.2) is 33.9 Å². The van der Waals surface area contributed by atoms with E-state index in [2.05, 4.69) is 15.5 Å². The highest BCUT2D eigenvalue weighted by molar-refractivity contribution is 7.99. The molecule has 1 aliphatic rings. The van der Waals surface area contributed by atoms with E-state index >= 15 is 0 Å². The summed E-state index contributed by atoms with van der Waals surface area (Å²) in [5.41, 5.74) is 0.629. The molecule has 0 spiro atoms. The van der Waals surface area contributed by atoms with Gasteiger partial charge in [0.05, 0.1) is 11.8 Å². The molecule has 1 aliphatic heterocycles. The van der Waals surface area contributed by atoms with Crippen LogP contribution in [-0.2, 0) is 0 Å². The van der Waals surface area contributed by atoms with Crippen molar-refractivity contribution in [3.63, 3.8) is 0 Å². The molecule has 1 fully saturated rings. The number of nitrogens with zero attached hydrogens (tertiary/aromatic N) is 2. The Hall–Kier alpha value is -1.37. The molecule has 7 heteroatoms. The van der Waals surface area contributed by atoms with Gasteiger partial charge < -0.3 is 9.73 Å². The van der Waals surface area contributed by atoms with Gasteiger partial charge in [-0.3, -0.25) is 4.79 Å². The first kappa shape index (κ1) is 14.6. The number of benzene rings is 1. The maximum absolute atomic E-state index is 12.0. The first-order chi connectivity index (χ1) is 10.2. The predicted octanol–water partition coefficient (Wildman–Crippen LogP) is 3.12. The Balaban J connectivity index is 1.57. The van der Waals surface area contributed by atoms with Crippen LogP contribution in [0.5, 0.6) is 0 Å². The summed E-state index contributed by atoms with van der Waals surface area (Å²) in [6, 6.07) is 6.99. The zero-order valence-corrected chi connectivity index (χ0v) is 12.8. The second kappa shape index (κ2) is 6.60. The maximum Gasteiger partial charge on any atom is 0.277 e. The van der Waals surface area contributed by atoms with Gasteiger partial charge in [-0.05, 0) is 43.7 Å².